The van der Waals surface area contributed by atoms with Crippen molar-refractivity contribution in [1.82, 2.24) is 9.97 Å². The smallest absolute Gasteiger partial charge is 0.182 e. The van der Waals surface area contributed by atoms with Crippen LogP contribution in [0.3, 0.4) is 0 Å². The summed E-state index contributed by atoms with van der Waals surface area (Å²) in [4.78, 5) is 8.62. The second-order valence-electron chi connectivity index (χ2n) is 4.46. The van der Waals surface area contributed by atoms with Crippen molar-refractivity contribution in [3.05, 3.63) is 48.7 Å². The topological polar surface area (TPSA) is 52.1 Å². The number of fused-ring (bicyclic) bond motifs is 2. The first-order chi connectivity index (χ1) is 9.34. The molecule has 0 aliphatic rings. The molecule has 92 valence electrons. The summed E-state index contributed by atoms with van der Waals surface area (Å²) in [5, 5.41) is 0. The second-order valence-corrected chi connectivity index (χ2v) is 4.46. The van der Waals surface area contributed by atoms with E-state index in [4.69, 9.17) is 8.83 Å². The highest BCUT2D eigenvalue weighted by molar-refractivity contribution is 6.01. The van der Waals surface area contributed by atoms with E-state index in [0.29, 0.717) is 0 Å². The maximum atomic E-state index is 5.37. The highest BCUT2D eigenvalue weighted by atomic mass is 16.3. The van der Waals surface area contributed by atoms with E-state index in [-0.39, 0.29) is 0 Å². The van der Waals surface area contributed by atoms with Crippen LogP contribution >= 0.6 is 0 Å². The normalized spacial score (nSPS) is 11.4. The predicted molar refractivity (Wildman–Crippen MR) is 71.7 cm³/mol. The molecule has 0 aliphatic heterocycles. The van der Waals surface area contributed by atoms with E-state index < -0.39 is 0 Å². The van der Waals surface area contributed by atoms with Crippen LogP contribution in [-0.4, -0.2) is 9.97 Å². The quantitative estimate of drug-likeness (QED) is 0.513. The Labute approximate surface area is 108 Å². The number of benzene rings is 2. The maximum Gasteiger partial charge on any atom is 0.182 e. The Hall–Kier alpha value is -2.62. The van der Waals surface area contributed by atoms with E-state index in [2.05, 4.69) is 16.9 Å². The number of oxazole rings is 2. The van der Waals surface area contributed by atoms with Crippen molar-refractivity contribution in [2.75, 3.05) is 0 Å². The molecule has 0 N–H and O–H groups in total. The number of nitrogens with zero attached hydrogens (tertiary/aromatic N) is 2. The molecule has 2 aromatic heterocycles. The molecule has 0 aliphatic carbocycles. The third-order valence-electron chi connectivity index (χ3n) is 3.34. The van der Waals surface area contributed by atoms with Gasteiger partial charge in [-0.05, 0) is 24.6 Å². The molecule has 19 heavy (non-hydrogen) atoms. The lowest BCUT2D eigenvalue weighted by Gasteiger charge is -2.06. The summed E-state index contributed by atoms with van der Waals surface area (Å²) in [6.07, 6.45) is 2.93. The van der Waals surface area contributed by atoms with Gasteiger partial charge in [0.25, 0.3) is 0 Å². The zero-order chi connectivity index (χ0) is 12.8. The average Bonchev–Trinajstić information content (AvgIpc) is 3.06. The molecule has 0 fully saturated rings. The Morgan fingerprint density at radius 1 is 0.842 bits per heavy atom. The summed E-state index contributed by atoms with van der Waals surface area (Å²) >= 11 is 0. The molecule has 0 bridgehead atoms. The van der Waals surface area contributed by atoms with Crippen LogP contribution in [0.1, 0.15) is 5.56 Å². The molecular formula is C15H10N2O2. The molecule has 0 amide bonds. The largest absolute Gasteiger partial charge is 0.443 e. The Kier molecular flexibility index (Phi) is 2.00. The summed E-state index contributed by atoms with van der Waals surface area (Å²) in [5.41, 5.74) is 6.46. The van der Waals surface area contributed by atoms with Crippen molar-refractivity contribution in [1.29, 1.82) is 0 Å². The Morgan fingerprint density at radius 2 is 1.58 bits per heavy atom. The van der Waals surface area contributed by atoms with Crippen LogP contribution in [-0.2, 0) is 0 Å². The van der Waals surface area contributed by atoms with Crippen molar-refractivity contribution in [3.8, 4) is 11.1 Å². The summed E-state index contributed by atoms with van der Waals surface area (Å²) < 4.78 is 10.7. The highest BCUT2D eigenvalue weighted by Crippen LogP contribution is 2.34. The number of hydrogen-bond donors (Lipinski definition) is 0. The van der Waals surface area contributed by atoms with Gasteiger partial charge in [-0.1, -0.05) is 18.2 Å². The first-order valence-corrected chi connectivity index (χ1v) is 6.00. The third kappa shape index (κ3) is 1.40. The predicted octanol–water partition coefficient (Wildman–Crippen LogP) is 3.94. The molecule has 2 aromatic carbocycles. The van der Waals surface area contributed by atoms with E-state index in [1.54, 1.807) is 0 Å². The zero-order valence-corrected chi connectivity index (χ0v) is 10.3. The summed E-state index contributed by atoms with van der Waals surface area (Å²) in [5.74, 6) is 0. The van der Waals surface area contributed by atoms with Crippen LogP contribution in [0.15, 0.2) is 52.0 Å². The van der Waals surface area contributed by atoms with Crippen molar-refractivity contribution in [2.24, 2.45) is 0 Å². The molecule has 4 heteroatoms. The average molecular weight is 250 g/mol. The molecule has 0 unspecified atom stereocenters. The van der Waals surface area contributed by atoms with E-state index >= 15 is 0 Å². The lowest BCUT2D eigenvalue weighted by molar-refractivity contribution is 0.602. The minimum Gasteiger partial charge on any atom is -0.443 e. The van der Waals surface area contributed by atoms with Crippen LogP contribution in [0.4, 0.5) is 0 Å². The van der Waals surface area contributed by atoms with Crippen molar-refractivity contribution in [3.63, 3.8) is 0 Å². The molecule has 0 radical (unpaired) electrons. The molecule has 0 spiro atoms. The van der Waals surface area contributed by atoms with Gasteiger partial charge in [0, 0.05) is 11.1 Å². The van der Waals surface area contributed by atoms with Gasteiger partial charge >= 0.3 is 0 Å². The van der Waals surface area contributed by atoms with Gasteiger partial charge in [0.15, 0.2) is 24.0 Å². The Balaban J connectivity index is 2.17. The first-order valence-electron chi connectivity index (χ1n) is 6.00. The molecule has 4 aromatic rings. The molecule has 4 nitrogen and oxygen atoms in total. The summed E-state index contributed by atoms with van der Waals surface area (Å²) in [6.45, 7) is 2.06. The van der Waals surface area contributed by atoms with Crippen LogP contribution in [0.25, 0.3) is 33.3 Å². The summed E-state index contributed by atoms with van der Waals surface area (Å²) in [6, 6.07) is 9.86. The van der Waals surface area contributed by atoms with Crippen LogP contribution < -0.4 is 0 Å². The number of para-hydroxylation sites is 1. The fourth-order valence-electron chi connectivity index (χ4n) is 2.46. The van der Waals surface area contributed by atoms with Gasteiger partial charge in [0.2, 0.25) is 0 Å². The monoisotopic (exact) mass is 250 g/mol. The Morgan fingerprint density at radius 3 is 2.42 bits per heavy atom. The van der Waals surface area contributed by atoms with E-state index in [9.17, 15) is 0 Å². The van der Waals surface area contributed by atoms with Crippen LogP contribution in [0.2, 0.25) is 0 Å². The lowest BCUT2D eigenvalue weighted by atomic mass is 9.98. The van der Waals surface area contributed by atoms with Gasteiger partial charge < -0.3 is 8.83 Å². The fourth-order valence-corrected chi connectivity index (χ4v) is 2.46. The van der Waals surface area contributed by atoms with Crippen LogP contribution in [0, 0.1) is 6.92 Å². The molecule has 0 saturated carbocycles. The minimum absolute atomic E-state index is 0.775. The lowest BCUT2D eigenvalue weighted by Crippen LogP contribution is -1.87. The van der Waals surface area contributed by atoms with Gasteiger partial charge in [-0.15, -0.1) is 0 Å². The van der Waals surface area contributed by atoms with Crippen molar-refractivity contribution < 1.29 is 8.83 Å². The number of aromatic nitrogens is 2. The van der Waals surface area contributed by atoms with Gasteiger partial charge in [0.05, 0.1) is 0 Å². The van der Waals surface area contributed by atoms with Gasteiger partial charge in [0.1, 0.15) is 11.0 Å². The van der Waals surface area contributed by atoms with Gasteiger partial charge in [-0.2, -0.15) is 0 Å². The third-order valence-corrected chi connectivity index (χ3v) is 3.34. The number of hydrogen-bond acceptors (Lipinski definition) is 4. The highest BCUT2D eigenvalue weighted by Gasteiger charge is 2.14. The maximum absolute atomic E-state index is 5.37. The minimum atomic E-state index is 0.775. The van der Waals surface area contributed by atoms with Gasteiger partial charge in [-0.25, -0.2) is 9.97 Å². The van der Waals surface area contributed by atoms with Gasteiger partial charge in [-0.3, -0.25) is 0 Å². The molecule has 0 saturated heterocycles. The Bertz CT molecular complexity index is 889. The molecule has 4 rings (SSSR count). The fraction of sp³-hybridized carbons (Fsp3) is 0.0667. The van der Waals surface area contributed by atoms with Crippen LogP contribution in [0.5, 0.6) is 0 Å². The second kappa shape index (κ2) is 3.68. The molecule has 0 atom stereocenters. The first kappa shape index (κ1) is 10.3. The van der Waals surface area contributed by atoms with Crippen molar-refractivity contribution in [2.45, 2.75) is 6.92 Å². The van der Waals surface area contributed by atoms with E-state index in [1.807, 2.05) is 30.3 Å². The SMILES string of the molecule is Cc1ccc2ocnc2c1-c1cccc2ocnc12. The number of rotatable bonds is 1. The molecule has 2 heterocycles. The standard InChI is InChI=1S/C15H10N2O2/c1-9-5-6-12-15(17-8-19-12)13(9)10-3-2-4-11-14(10)16-7-18-11/h2-8H,1H3. The number of aryl methyl sites for hydroxylation is 1. The van der Waals surface area contributed by atoms with Crippen molar-refractivity contribution >= 4 is 22.2 Å². The molecular weight excluding hydrogens is 240 g/mol. The summed E-state index contributed by atoms with van der Waals surface area (Å²) in [7, 11) is 0. The van der Waals surface area contributed by atoms with E-state index in [1.165, 1.54) is 12.8 Å². The van der Waals surface area contributed by atoms with E-state index in [0.717, 1.165) is 38.9 Å². The zero-order valence-electron chi connectivity index (χ0n) is 10.3.